The van der Waals surface area contributed by atoms with Gasteiger partial charge in [-0.15, -0.1) is 0 Å². The third kappa shape index (κ3) is 5.68. The predicted octanol–water partition coefficient (Wildman–Crippen LogP) is 5.34. The van der Waals surface area contributed by atoms with Gasteiger partial charge >= 0.3 is 0 Å². The zero-order chi connectivity index (χ0) is 24.1. The standard InChI is InChI=1S/C27H25N3O3S/c1-19-4-3-5-25(16-19)30-34(32,33)26-18-23(9-6-20(26)2)27(31)29-24-10-7-21(8-11-24)17-22-12-14-28-15-13-22/h3-16,18,30H,17H2,1-2H3,(H,29,31). The molecule has 0 unspecified atom stereocenters. The SMILES string of the molecule is Cc1cccc(NS(=O)(=O)c2cc(C(=O)Nc3ccc(Cc4ccncc4)cc3)ccc2C)c1. The quantitative estimate of drug-likeness (QED) is 0.381. The zero-order valence-corrected chi connectivity index (χ0v) is 19.8. The number of amides is 1. The van der Waals surface area contributed by atoms with Crippen molar-refractivity contribution in [2.45, 2.75) is 25.2 Å². The number of sulfonamides is 1. The second-order valence-corrected chi connectivity index (χ2v) is 9.79. The van der Waals surface area contributed by atoms with Crippen LogP contribution in [0.25, 0.3) is 0 Å². The second kappa shape index (κ2) is 9.89. The Bertz CT molecular complexity index is 1420. The van der Waals surface area contributed by atoms with Crippen molar-refractivity contribution in [3.05, 3.63) is 119 Å². The van der Waals surface area contributed by atoms with Crippen LogP contribution < -0.4 is 10.0 Å². The van der Waals surface area contributed by atoms with E-state index in [0.29, 0.717) is 16.9 Å². The molecular formula is C27H25N3O3S. The highest BCUT2D eigenvalue weighted by Gasteiger charge is 2.19. The highest BCUT2D eigenvalue weighted by atomic mass is 32.2. The number of pyridine rings is 1. The lowest BCUT2D eigenvalue weighted by Gasteiger charge is -2.13. The molecule has 0 fully saturated rings. The van der Waals surface area contributed by atoms with Crippen LogP contribution in [0.3, 0.4) is 0 Å². The van der Waals surface area contributed by atoms with Gasteiger partial charge in [0.15, 0.2) is 0 Å². The molecule has 0 spiro atoms. The summed E-state index contributed by atoms with van der Waals surface area (Å²) in [5.74, 6) is -0.381. The van der Waals surface area contributed by atoms with Gasteiger partial charge in [0.2, 0.25) is 0 Å². The summed E-state index contributed by atoms with van der Waals surface area (Å²) in [6, 6.07) is 23.3. The Morgan fingerprint density at radius 2 is 1.53 bits per heavy atom. The molecule has 0 saturated carbocycles. The van der Waals surface area contributed by atoms with Crippen LogP contribution in [-0.2, 0) is 16.4 Å². The molecule has 34 heavy (non-hydrogen) atoms. The normalized spacial score (nSPS) is 11.1. The fourth-order valence-corrected chi connectivity index (χ4v) is 4.92. The van der Waals surface area contributed by atoms with E-state index in [0.717, 1.165) is 23.1 Å². The monoisotopic (exact) mass is 471 g/mol. The lowest BCUT2D eigenvalue weighted by molar-refractivity contribution is 0.102. The number of nitrogens with zero attached hydrogens (tertiary/aromatic N) is 1. The summed E-state index contributed by atoms with van der Waals surface area (Å²) < 4.78 is 28.6. The minimum absolute atomic E-state index is 0.0642. The molecule has 3 aromatic carbocycles. The van der Waals surface area contributed by atoms with Crippen molar-refractivity contribution in [3.8, 4) is 0 Å². The highest BCUT2D eigenvalue weighted by molar-refractivity contribution is 7.92. The van der Waals surface area contributed by atoms with E-state index in [1.165, 1.54) is 6.07 Å². The zero-order valence-electron chi connectivity index (χ0n) is 18.9. The molecule has 1 amide bonds. The molecule has 0 aliphatic heterocycles. The Morgan fingerprint density at radius 3 is 2.24 bits per heavy atom. The van der Waals surface area contributed by atoms with E-state index in [-0.39, 0.29) is 16.4 Å². The maximum atomic E-state index is 13.0. The maximum Gasteiger partial charge on any atom is 0.262 e. The molecular weight excluding hydrogens is 446 g/mol. The van der Waals surface area contributed by atoms with E-state index in [4.69, 9.17) is 0 Å². The van der Waals surface area contributed by atoms with Gasteiger partial charge in [-0.3, -0.25) is 14.5 Å². The van der Waals surface area contributed by atoms with Crippen LogP contribution in [0.5, 0.6) is 0 Å². The van der Waals surface area contributed by atoms with Gasteiger partial charge in [0.1, 0.15) is 0 Å². The number of carbonyl (C=O) groups is 1. The first-order valence-corrected chi connectivity index (χ1v) is 12.3. The third-order valence-electron chi connectivity index (χ3n) is 5.38. The molecule has 4 aromatic rings. The van der Waals surface area contributed by atoms with E-state index in [1.807, 2.05) is 49.4 Å². The first-order valence-electron chi connectivity index (χ1n) is 10.8. The van der Waals surface area contributed by atoms with Gasteiger partial charge in [0.25, 0.3) is 15.9 Å². The van der Waals surface area contributed by atoms with Crippen LogP contribution in [0.1, 0.15) is 32.6 Å². The van der Waals surface area contributed by atoms with Crippen LogP contribution in [0.4, 0.5) is 11.4 Å². The molecule has 1 aromatic heterocycles. The van der Waals surface area contributed by atoms with E-state index < -0.39 is 10.0 Å². The molecule has 0 atom stereocenters. The van der Waals surface area contributed by atoms with Gasteiger partial charge in [-0.2, -0.15) is 0 Å². The summed E-state index contributed by atoms with van der Waals surface area (Å²) in [4.78, 5) is 16.9. The number of nitrogens with one attached hydrogen (secondary N) is 2. The Kier molecular flexibility index (Phi) is 6.75. The Labute approximate surface area is 199 Å². The van der Waals surface area contributed by atoms with Crippen molar-refractivity contribution < 1.29 is 13.2 Å². The maximum absolute atomic E-state index is 13.0. The van der Waals surface area contributed by atoms with Crippen molar-refractivity contribution in [2.75, 3.05) is 10.0 Å². The van der Waals surface area contributed by atoms with Crippen molar-refractivity contribution in [3.63, 3.8) is 0 Å². The number of anilines is 2. The van der Waals surface area contributed by atoms with E-state index >= 15 is 0 Å². The molecule has 0 aliphatic carbocycles. The summed E-state index contributed by atoms with van der Waals surface area (Å²) in [5, 5.41) is 2.84. The predicted molar refractivity (Wildman–Crippen MR) is 135 cm³/mol. The summed E-state index contributed by atoms with van der Waals surface area (Å²) in [5.41, 5.74) is 5.12. The van der Waals surface area contributed by atoms with Crippen LogP contribution in [-0.4, -0.2) is 19.3 Å². The first kappa shape index (κ1) is 23.2. The number of aryl methyl sites for hydroxylation is 2. The van der Waals surface area contributed by atoms with Crippen molar-refractivity contribution >= 4 is 27.3 Å². The second-order valence-electron chi connectivity index (χ2n) is 8.14. The topological polar surface area (TPSA) is 88.2 Å². The fourth-order valence-electron chi connectivity index (χ4n) is 3.60. The summed E-state index contributed by atoms with van der Waals surface area (Å²) >= 11 is 0. The van der Waals surface area contributed by atoms with Crippen molar-refractivity contribution in [1.82, 2.24) is 4.98 Å². The van der Waals surface area contributed by atoms with Gasteiger partial charge in [-0.05, 0) is 91.1 Å². The van der Waals surface area contributed by atoms with Crippen LogP contribution in [0, 0.1) is 13.8 Å². The van der Waals surface area contributed by atoms with Crippen molar-refractivity contribution in [1.29, 1.82) is 0 Å². The molecule has 0 bridgehead atoms. The number of benzene rings is 3. The van der Waals surface area contributed by atoms with Crippen LogP contribution in [0.15, 0.2) is 96.2 Å². The molecule has 6 nitrogen and oxygen atoms in total. The molecule has 1 heterocycles. The molecule has 4 rings (SSSR count). The Hall–Kier alpha value is -3.97. The molecule has 0 aliphatic rings. The van der Waals surface area contributed by atoms with E-state index in [1.54, 1.807) is 49.6 Å². The average molecular weight is 472 g/mol. The van der Waals surface area contributed by atoms with Crippen molar-refractivity contribution in [2.24, 2.45) is 0 Å². The average Bonchev–Trinajstić information content (AvgIpc) is 2.81. The summed E-state index contributed by atoms with van der Waals surface area (Å²) in [6.07, 6.45) is 4.29. The molecule has 7 heteroatoms. The lowest BCUT2D eigenvalue weighted by atomic mass is 10.1. The Balaban J connectivity index is 1.49. The summed E-state index contributed by atoms with van der Waals surface area (Å²) in [6.45, 7) is 3.59. The van der Waals surface area contributed by atoms with Gasteiger partial charge in [0.05, 0.1) is 4.90 Å². The smallest absolute Gasteiger partial charge is 0.262 e. The number of carbonyl (C=O) groups excluding carboxylic acids is 1. The number of hydrogen-bond donors (Lipinski definition) is 2. The third-order valence-corrected chi connectivity index (χ3v) is 6.90. The Morgan fingerprint density at radius 1 is 0.824 bits per heavy atom. The van der Waals surface area contributed by atoms with Gasteiger partial charge in [0, 0.05) is 29.3 Å². The lowest BCUT2D eigenvalue weighted by Crippen LogP contribution is -2.17. The first-order chi connectivity index (χ1) is 16.3. The molecule has 172 valence electrons. The van der Waals surface area contributed by atoms with E-state index in [2.05, 4.69) is 15.0 Å². The van der Waals surface area contributed by atoms with Gasteiger partial charge in [-0.25, -0.2) is 8.42 Å². The number of rotatable bonds is 7. The number of aromatic nitrogens is 1. The summed E-state index contributed by atoms with van der Waals surface area (Å²) in [7, 11) is -3.86. The van der Waals surface area contributed by atoms with Crippen LogP contribution >= 0.6 is 0 Å². The largest absolute Gasteiger partial charge is 0.322 e. The van der Waals surface area contributed by atoms with Gasteiger partial charge < -0.3 is 5.32 Å². The van der Waals surface area contributed by atoms with E-state index in [9.17, 15) is 13.2 Å². The molecule has 2 N–H and O–H groups in total. The highest BCUT2D eigenvalue weighted by Crippen LogP contribution is 2.22. The minimum atomic E-state index is -3.86. The number of hydrogen-bond acceptors (Lipinski definition) is 4. The fraction of sp³-hybridized carbons (Fsp3) is 0.111. The molecule has 0 saturated heterocycles. The minimum Gasteiger partial charge on any atom is -0.322 e. The van der Waals surface area contributed by atoms with Crippen LogP contribution in [0.2, 0.25) is 0 Å². The van der Waals surface area contributed by atoms with Gasteiger partial charge in [-0.1, -0.05) is 30.3 Å². The molecule has 0 radical (unpaired) electrons.